The topological polar surface area (TPSA) is 29.4 Å². The lowest BCUT2D eigenvalue weighted by Gasteiger charge is -2.09. The van der Waals surface area contributed by atoms with Crippen LogP contribution in [0.2, 0.25) is 0 Å². The molecule has 0 N–H and O–H groups in total. The molecule has 0 aliphatic rings. The molecule has 0 aromatic rings. The van der Waals surface area contributed by atoms with Gasteiger partial charge in [0.2, 0.25) is 6.08 Å². The van der Waals surface area contributed by atoms with Gasteiger partial charge in [-0.25, -0.2) is 4.79 Å². The molecule has 2 atom stereocenters. The van der Waals surface area contributed by atoms with Gasteiger partial charge in [0.25, 0.3) is 0 Å². The summed E-state index contributed by atoms with van der Waals surface area (Å²) in [6.45, 7) is 5.59. The summed E-state index contributed by atoms with van der Waals surface area (Å²) >= 11 is 0. The summed E-state index contributed by atoms with van der Waals surface area (Å²) in [4.78, 5) is 13.5. The third-order valence-electron chi connectivity index (χ3n) is 1.60. The highest BCUT2D eigenvalue weighted by atomic mass is 16.1. The molecular formula is C10H13NO. The zero-order valence-electron chi connectivity index (χ0n) is 7.29. The molecular weight excluding hydrogens is 150 g/mol. The smallest absolute Gasteiger partial charge is 0.211 e. The second-order valence-electron chi connectivity index (χ2n) is 2.77. The number of nitrogens with zero attached hydrogens (tertiary/aromatic N) is 1. The molecule has 0 radical (unpaired) electrons. The van der Waals surface area contributed by atoms with Crippen molar-refractivity contribution in [3.8, 4) is 12.3 Å². The van der Waals surface area contributed by atoms with E-state index in [-0.39, 0.29) is 6.04 Å². The molecule has 0 heterocycles. The predicted octanol–water partition coefficient (Wildman–Crippen LogP) is 1.93. The van der Waals surface area contributed by atoms with Crippen LogP contribution in [0.1, 0.15) is 19.8 Å². The maximum absolute atomic E-state index is 9.93. The zero-order chi connectivity index (χ0) is 9.40. The first kappa shape index (κ1) is 10.7. The number of hydrogen-bond acceptors (Lipinski definition) is 2. The van der Waals surface area contributed by atoms with Crippen LogP contribution in [0.25, 0.3) is 0 Å². The van der Waals surface area contributed by atoms with Gasteiger partial charge in [-0.3, -0.25) is 0 Å². The van der Waals surface area contributed by atoms with E-state index in [0.717, 1.165) is 6.42 Å². The fourth-order valence-electron chi connectivity index (χ4n) is 0.966. The summed E-state index contributed by atoms with van der Waals surface area (Å²) in [6, 6.07) is -0.133. The highest BCUT2D eigenvalue weighted by Gasteiger charge is 2.07. The van der Waals surface area contributed by atoms with Gasteiger partial charge in [-0.05, 0) is 12.3 Å². The Kier molecular flexibility index (Phi) is 5.69. The Bertz CT molecular complexity index is 220. The third kappa shape index (κ3) is 4.49. The average Bonchev–Trinajstić information content (AvgIpc) is 2.04. The van der Waals surface area contributed by atoms with Gasteiger partial charge in [0.15, 0.2) is 0 Å². The molecule has 12 heavy (non-hydrogen) atoms. The van der Waals surface area contributed by atoms with Crippen LogP contribution in [0, 0.1) is 18.3 Å². The Morgan fingerprint density at radius 2 is 2.42 bits per heavy atom. The van der Waals surface area contributed by atoms with Gasteiger partial charge in [0, 0.05) is 6.42 Å². The van der Waals surface area contributed by atoms with E-state index in [4.69, 9.17) is 6.42 Å². The minimum Gasteiger partial charge on any atom is -0.211 e. The van der Waals surface area contributed by atoms with Crippen molar-refractivity contribution in [1.82, 2.24) is 0 Å². The monoisotopic (exact) mass is 163 g/mol. The summed E-state index contributed by atoms with van der Waals surface area (Å²) < 4.78 is 0. The second-order valence-corrected chi connectivity index (χ2v) is 2.77. The minimum absolute atomic E-state index is 0.133. The zero-order valence-corrected chi connectivity index (χ0v) is 7.29. The SMILES string of the molecule is C#CC[C@@H](C)CC(C=C)N=C=O. The van der Waals surface area contributed by atoms with E-state index in [9.17, 15) is 4.79 Å². The van der Waals surface area contributed by atoms with E-state index >= 15 is 0 Å². The van der Waals surface area contributed by atoms with Crippen LogP contribution in [0.5, 0.6) is 0 Å². The maximum Gasteiger partial charge on any atom is 0.235 e. The number of hydrogen-bond donors (Lipinski definition) is 0. The van der Waals surface area contributed by atoms with Gasteiger partial charge in [0.1, 0.15) is 0 Å². The molecule has 0 aromatic heterocycles. The van der Waals surface area contributed by atoms with Gasteiger partial charge in [0.05, 0.1) is 6.04 Å². The molecule has 0 aliphatic heterocycles. The van der Waals surface area contributed by atoms with E-state index in [1.54, 1.807) is 6.08 Å². The Hall–Kier alpha value is -1.32. The van der Waals surface area contributed by atoms with Crippen LogP contribution in [0.3, 0.4) is 0 Å². The minimum atomic E-state index is -0.133. The van der Waals surface area contributed by atoms with Crippen molar-refractivity contribution in [3.63, 3.8) is 0 Å². The van der Waals surface area contributed by atoms with Crippen molar-refractivity contribution in [2.24, 2.45) is 10.9 Å². The molecule has 1 unspecified atom stereocenters. The Morgan fingerprint density at radius 1 is 1.75 bits per heavy atom. The summed E-state index contributed by atoms with van der Waals surface area (Å²) in [6.07, 6.45) is 9.77. The molecule has 64 valence electrons. The number of isocyanates is 1. The Balaban J connectivity index is 3.94. The number of aliphatic imine (C=N–C) groups is 1. The molecule has 0 spiro atoms. The molecule has 0 aromatic carbocycles. The highest BCUT2D eigenvalue weighted by Crippen LogP contribution is 2.12. The molecule has 0 bridgehead atoms. The summed E-state index contributed by atoms with van der Waals surface area (Å²) in [5, 5.41) is 0. The van der Waals surface area contributed by atoms with E-state index in [0.29, 0.717) is 12.3 Å². The molecule has 2 heteroatoms. The molecule has 0 saturated carbocycles. The van der Waals surface area contributed by atoms with Crippen LogP contribution < -0.4 is 0 Å². The molecule has 2 nitrogen and oxygen atoms in total. The fraction of sp³-hybridized carbons (Fsp3) is 0.500. The van der Waals surface area contributed by atoms with Crippen LogP contribution >= 0.6 is 0 Å². The lowest BCUT2D eigenvalue weighted by Crippen LogP contribution is -2.06. The second kappa shape index (κ2) is 6.39. The van der Waals surface area contributed by atoms with Gasteiger partial charge >= 0.3 is 0 Å². The van der Waals surface area contributed by atoms with Crippen molar-refractivity contribution in [2.45, 2.75) is 25.8 Å². The maximum atomic E-state index is 9.93. The van der Waals surface area contributed by atoms with Crippen LogP contribution in [0.4, 0.5) is 0 Å². The third-order valence-corrected chi connectivity index (χ3v) is 1.60. The van der Waals surface area contributed by atoms with Gasteiger partial charge in [-0.1, -0.05) is 13.0 Å². The van der Waals surface area contributed by atoms with Crippen LogP contribution in [0.15, 0.2) is 17.6 Å². The number of carbonyl (C=O) groups excluding carboxylic acids is 1. The van der Waals surface area contributed by atoms with E-state index in [1.807, 2.05) is 6.92 Å². The van der Waals surface area contributed by atoms with E-state index < -0.39 is 0 Å². The largest absolute Gasteiger partial charge is 0.235 e. The van der Waals surface area contributed by atoms with Crippen LogP contribution in [-0.2, 0) is 4.79 Å². The molecule has 0 fully saturated rings. The van der Waals surface area contributed by atoms with Crippen LogP contribution in [-0.4, -0.2) is 12.1 Å². The Morgan fingerprint density at radius 3 is 2.83 bits per heavy atom. The Labute approximate surface area is 73.4 Å². The first-order chi connectivity index (χ1) is 5.74. The van der Waals surface area contributed by atoms with E-state index in [2.05, 4.69) is 17.5 Å². The number of terminal acetylenes is 1. The quantitative estimate of drug-likeness (QED) is 0.263. The molecule has 0 aliphatic carbocycles. The lowest BCUT2D eigenvalue weighted by molar-refractivity contribution is 0.509. The van der Waals surface area contributed by atoms with Gasteiger partial charge in [-0.2, -0.15) is 4.99 Å². The van der Waals surface area contributed by atoms with Crippen molar-refractivity contribution >= 4 is 6.08 Å². The van der Waals surface area contributed by atoms with Gasteiger partial charge in [-0.15, -0.1) is 18.9 Å². The van der Waals surface area contributed by atoms with Crippen molar-refractivity contribution in [3.05, 3.63) is 12.7 Å². The van der Waals surface area contributed by atoms with Gasteiger partial charge < -0.3 is 0 Å². The molecule has 0 rings (SSSR count). The number of rotatable bonds is 5. The highest BCUT2D eigenvalue weighted by molar-refractivity contribution is 5.34. The van der Waals surface area contributed by atoms with Crippen molar-refractivity contribution in [2.75, 3.05) is 0 Å². The van der Waals surface area contributed by atoms with E-state index in [1.165, 1.54) is 6.08 Å². The van der Waals surface area contributed by atoms with Crippen molar-refractivity contribution < 1.29 is 4.79 Å². The van der Waals surface area contributed by atoms with Crippen molar-refractivity contribution in [1.29, 1.82) is 0 Å². The average molecular weight is 163 g/mol. The molecule has 0 amide bonds. The standard InChI is InChI=1S/C10H13NO/c1-4-6-9(3)7-10(5-2)11-8-12/h1,5,9-10H,2,6-7H2,3H3/t9-,10?/m1/s1. The normalized spacial score (nSPS) is 13.7. The first-order valence-electron chi connectivity index (χ1n) is 3.87. The molecule has 0 saturated heterocycles. The summed E-state index contributed by atoms with van der Waals surface area (Å²) in [7, 11) is 0. The first-order valence-corrected chi connectivity index (χ1v) is 3.87. The summed E-state index contributed by atoms with van der Waals surface area (Å²) in [5.41, 5.74) is 0. The fourth-order valence-corrected chi connectivity index (χ4v) is 0.966. The lowest BCUT2D eigenvalue weighted by atomic mass is 9.99. The summed E-state index contributed by atoms with van der Waals surface area (Å²) in [5.74, 6) is 2.93. The predicted molar refractivity (Wildman–Crippen MR) is 49.3 cm³/mol.